The summed E-state index contributed by atoms with van der Waals surface area (Å²) in [6, 6.07) is 19.7. The van der Waals surface area contributed by atoms with Gasteiger partial charge in [-0.3, -0.25) is 0 Å². The molecule has 0 bridgehead atoms. The summed E-state index contributed by atoms with van der Waals surface area (Å²) in [6.45, 7) is 7.95. The van der Waals surface area contributed by atoms with E-state index in [1.807, 2.05) is 13.8 Å². The zero-order chi connectivity index (χ0) is 21.0. The molecule has 1 nitrogen and oxygen atoms in total. The average Bonchev–Trinajstić information content (AvgIpc) is 2.77. The molecule has 0 fully saturated rings. The molecular formula is C28H46CaO. The topological polar surface area (TPSA) is 9.23 Å². The van der Waals surface area contributed by atoms with Crippen LogP contribution in [0.3, 0.4) is 0 Å². The Bertz CT molecular complexity index is 595. The summed E-state index contributed by atoms with van der Waals surface area (Å²) in [7, 11) is 0. The molecule has 0 atom stereocenters. The number of ether oxygens (including phenoxy) is 1. The third-order valence-corrected chi connectivity index (χ3v) is 5.31. The molecule has 0 amide bonds. The van der Waals surface area contributed by atoms with Crippen LogP contribution in [0, 0.1) is 0 Å². The van der Waals surface area contributed by atoms with Gasteiger partial charge in [-0.05, 0) is 43.4 Å². The molecule has 2 aromatic carbocycles. The molecule has 0 aliphatic heterocycles. The molecular weight excluding hydrogens is 392 g/mol. The second-order valence-corrected chi connectivity index (χ2v) is 7.74. The van der Waals surface area contributed by atoms with Crippen molar-refractivity contribution in [2.75, 3.05) is 13.2 Å². The molecule has 2 aromatic rings. The molecule has 0 saturated heterocycles. The molecule has 0 saturated carbocycles. The van der Waals surface area contributed by atoms with E-state index >= 15 is 0 Å². The van der Waals surface area contributed by atoms with Gasteiger partial charge in [0.2, 0.25) is 0 Å². The number of benzene rings is 2. The van der Waals surface area contributed by atoms with E-state index < -0.39 is 0 Å². The Kier molecular flexibility index (Phi) is 21.6. The standard InChI is InChI=1S/C24H34.C4H10O.Ca.2H/c1-2-3-4-5-6-7-8-9-10-12-17-23-20-15-16-21-24(23)22-18-13-11-14-19-22;1-3-5-4-2;;;/h11,13-16,18-21H,2-10,12,17H2,1H3;3-4H2,1-2H3;;;. The summed E-state index contributed by atoms with van der Waals surface area (Å²) < 4.78 is 4.83. The number of hydrogen-bond donors (Lipinski definition) is 0. The minimum atomic E-state index is 0. The van der Waals surface area contributed by atoms with Gasteiger partial charge in [0, 0.05) is 13.2 Å². The van der Waals surface area contributed by atoms with Crippen LogP contribution in [-0.2, 0) is 11.2 Å². The van der Waals surface area contributed by atoms with Crippen molar-refractivity contribution in [3.05, 3.63) is 60.2 Å². The Balaban J connectivity index is 0.00000125. The molecule has 0 heterocycles. The van der Waals surface area contributed by atoms with E-state index in [0.717, 1.165) is 13.2 Å². The Morgan fingerprint density at radius 3 is 1.60 bits per heavy atom. The van der Waals surface area contributed by atoms with Crippen LogP contribution >= 0.6 is 0 Å². The first-order valence-electron chi connectivity index (χ1n) is 12.0. The summed E-state index contributed by atoms with van der Waals surface area (Å²) >= 11 is 0. The quantitative estimate of drug-likeness (QED) is 0.215. The van der Waals surface area contributed by atoms with Crippen molar-refractivity contribution < 1.29 is 4.74 Å². The second-order valence-electron chi connectivity index (χ2n) is 7.74. The van der Waals surface area contributed by atoms with Crippen LogP contribution in [0.2, 0.25) is 0 Å². The molecule has 0 aliphatic carbocycles. The Morgan fingerprint density at radius 2 is 1.07 bits per heavy atom. The molecule has 30 heavy (non-hydrogen) atoms. The molecule has 0 aliphatic rings. The van der Waals surface area contributed by atoms with E-state index in [1.165, 1.54) is 87.3 Å². The van der Waals surface area contributed by atoms with Gasteiger partial charge in [0.05, 0.1) is 0 Å². The van der Waals surface area contributed by atoms with Crippen LogP contribution < -0.4 is 0 Å². The van der Waals surface area contributed by atoms with Gasteiger partial charge in [-0.1, -0.05) is 119 Å². The van der Waals surface area contributed by atoms with Crippen molar-refractivity contribution in [2.24, 2.45) is 0 Å². The third kappa shape index (κ3) is 14.6. The minimum absolute atomic E-state index is 0. The van der Waals surface area contributed by atoms with Crippen molar-refractivity contribution in [1.29, 1.82) is 0 Å². The molecule has 0 N–H and O–H groups in total. The van der Waals surface area contributed by atoms with Crippen molar-refractivity contribution in [1.82, 2.24) is 0 Å². The summed E-state index contributed by atoms with van der Waals surface area (Å²) in [5.41, 5.74) is 4.26. The number of aryl methyl sites for hydroxylation is 1. The first-order valence-corrected chi connectivity index (χ1v) is 12.0. The molecule has 2 rings (SSSR count). The fraction of sp³-hybridized carbons (Fsp3) is 0.571. The first-order chi connectivity index (χ1) is 14.3. The van der Waals surface area contributed by atoms with Gasteiger partial charge >= 0.3 is 37.7 Å². The average molecular weight is 439 g/mol. The molecule has 2 heteroatoms. The van der Waals surface area contributed by atoms with Crippen LogP contribution in [0.25, 0.3) is 11.1 Å². The van der Waals surface area contributed by atoms with E-state index in [0.29, 0.717) is 0 Å². The maximum absolute atomic E-state index is 4.83. The number of hydrogen-bond acceptors (Lipinski definition) is 1. The zero-order valence-electron chi connectivity index (χ0n) is 19.3. The van der Waals surface area contributed by atoms with Gasteiger partial charge in [-0.15, -0.1) is 0 Å². The van der Waals surface area contributed by atoms with E-state index in [2.05, 4.69) is 61.5 Å². The fourth-order valence-electron chi connectivity index (χ4n) is 3.64. The van der Waals surface area contributed by atoms with Gasteiger partial charge in [0.1, 0.15) is 0 Å². The number of rotatable bonds is 14. The zero-order valence-corrected chi connectivity index (χ0v) is 19.3. The third-order valence-electron chi connectivity index (χ3n) is 5.31. The van der Waals surface area contributed by atoms with E-state index in [4.69, 9.17) is 4.74 Å². The van der Waals surface area contributed by atoms with Crippen LogP contribution in [0.5, 0.6) is 0 Å². The van der Waals surface area contributed by atoms with Crippen molar-refractivity contribution in [3.8, 4) is 11.1 Å². The van der Waals surface area contributed by atoms with Gasteiger partial charge in [-0.2, -0.15) is 0 Å². The summed E-state index contributed by atoms with van der Waals surface area (Å²) in [6.07, 6.45) is 15.3. The summed E-state index contributed by atoms with van der Waals surface area (Å²) in [5, 5.41) is 0. The van der Waals surface area contributed by atoms with Gasteiger partial charge < -0.3 is 4.74 Å². The van der Waals surface area contributed by atoms with Crippen LogP contribution in [0.15, 0.2) is 54.6 Å². The van der Waals surface area contributed by atoms with E-state index in [1.54, 1.807) is 0 Å². The molecule has 0 unspecified atom stereocenters. The second kappa shape index (κ2) is 21.9. The fourth-order valence-corrected chi connectivity index (χ4v) is 3.64. The Labute approximate surface area is 217 Å². The van der Waals surface area contributed by atoms with Crippen molar-refractivity contribution >= 4 is 37.7 Å². The van der Waals surface area contributed by atoms with E-state index in [-0.39, 0.29) is 37.7 Å². The normalized spacial score (nSPS) is 10.1. The Morgan fingerprint density at radius 1 is 0.567 bits per heavy atom. The first kappa shape index (κ1) is 29.7. The molecule has 0 radical (unpaired) electrons. The number of unbranched alkanes of at least 4 members (excludes halogenated alkanes) is 9. The van der Waals surface area contributed by atoms with Crippen LogP contribution in [0.4, 0.5) is 0 Å². The Hall–Kier alpha value is -0.340. The predicted octanol–water partition coefficient (Wildman–Crippen LogP) is 7.94. The molecule has 0 spiro atoms. The van der Waals surface area contributed by atoms with E-state index in [9.17, 15) is 0 Å². The molecule has 0 aromatic heterocycles. The van der Waals surface area contributed by atoms with Crippen molar-refractivity contribution in [2.45, 2.75) is 91.4 Å². The monoisotopic (exact) mass is 438 g/mol. The van der Waals surface area contributed by atoms with Gasteiger partial charge in [-0.25, -0.2) is 0 Å². The predicted molar refractivity (Wildman–Crippen MR) is 138 cm³/mol. The molecule has 166 valence electrons. The maximum atomic E-state index is 4.83. The van der Waals surface area contributed by atoms with Gasteiger partial charge in [0.15, 0.2) is 0 Å². The van der Waals surface area contributed by atoms with Gasteiger partial charge in [0.25, 0.3) is 0 Å². The van der Waals surface area contributed by atoms with Crippen molar-refractivity contribution in [3.63, 3.8) is 0 Å². The SMILES string of the molecule is CCCCCCCCCCCCc1ccccc1-c1ccccc1.CCOCC.[CaH2]. The van der Waals surface area contributed by atoms with Crippen LogP contribution in [-0.4, -0.2) is 51.0 Å². The summed E-state index contributed by atoms with van der Waals surface area (Å²) in [5.74, 6) is 0. The van der Waals surface area contributed by atoms with Crippen LogP contribution in [0.1, 0.15) is 90.5 Å². The summed E-state index contributed by atoms with van der Waals surface area (Å²) in [4.78, 5) is 0.